The number of benzene rings is 2. The van der Waals surface area contributed by atoms with Gasteiger partial charge in [-0.1, -0.05) is 35.9 Å². The fourth-order valence-electron chi connectivity index (χ4n) is 4.40. The van der Waals surface area contributed by atoms with E-state index in [2.05, 4.69) is 15.2 Å². The lowest BCUT2D eigenvalue weighted by Crippen LogP contribution is -2.26. The fourth-order valence-corrected chi connectivity index (χ4v) is 4.40. The lowest BCUT2D eigenvalue weighted by Gasteiger charge is -2.19. The number of fused-ring (bicyclic) bond motifs is 1. The number of aliphatic hydroxyl groups is 1. The van der Waals surface area contributed by atoms with Crippen LogP contribution >= 0.6 is 0 Å². The molecule has 5 rings (SSSR count). The first-order valence-electron chi connectivity index (χ1n) is 11.9. The van der Waals surface area contributed by atoms with Crippen molar-refractivity contribution in [1.29, 1.82) is 0 Å². The average Bonchev–Trinajstić information content (AvgIpc) is 3.29. The number of rotatable bonds is 7. The van der Waals surface area contributed by atoms with Gasteiger partial charge in [0.05, 0.1) is 24.3 Å². The Morgan fingerprint density at radius 1 is 1.00 bits per heavy atom. The van der Waals surface area contributed by atoms with E-state index in [0.29, 0.717) is 5.88 Å². The molecule has 3 aromatic heterocycles. The van der Waals surface area contributed by atoms with Crippen LogP contribution in [0.3, 0.4) is 0 Å². The summed E-state index contributed by atoms with van der Waals surface area (Å²) in [7, 11) is 0. The van der Waals surface area contributed by atoms with Crippen LogP contribution in [-0.2, 0) is 0 Å². The summed E-state index contributed by atoms with van der Waals surface area (Å²) in [6.45, 7) is 5.75. The Morgan fingerprint density at radius 3 is 2.50 bits per heavy atom. The van der Waals surface area contributed by atoms with Crippen molar-refractivity contribution in [2.24, 2.45) is 0 Å². The number of pyridine rings is 2. The van der Waals surface area contributed by atoms with Gasteiger partial charge in [-0.05, 0) is 61.7 Å². The van der Waals surface area contributed by atoms with Crippen LogP contribution in [-0.4, -0.2) is 37.6 Å². The van der Waals surface area contributed by atoms with E-state index in [9.17, 15) is 9.90 Å². The van der Waals surface area contributed by atoms with E-state index in [0.717, 1.165) is 44.4 Å². The summed E-state index contributed by atoms with van der Waals surface area (Å²) >= 11 is 0. The molecule has 0 aliphatic rings. The molecule has 182 valence electrons. The largest absolute Gasteiger partial charge is 0.475 e. The normalized spacial score (nSPS) is 12.2. The Labute approximate surface area is 209 Å². The maximum atomic E-state index is 13.1. The highest BCUT2D eigenvalue weighted by Crippen LogP contribution is 2.31. The van der Waals surface area contributed by atoms with E-state index in [4.69, 9.17) is 4.74 Å². The minimum absolute atomic E-state index is 0.0528. The summed E-state index contributed by atoms with van der Waals surface area (Å²) < 4.78 is 7.22. The summed E-state index contributed by atoms with van der Waals surface area (Å²) in [6, 6.07) is 20.6. The molecule has 0 fully saturated rings. The Hall–Kier alpha value is -4.23. The van der Waals surface area contributed by atoms with Gasteiger partial charge in [0.15, 0.2) is 0 Å². The van der Waals surface area contributed by atoms with Crippen LogP contribution in [0.5, 0.6) is 5.88 Å². The molecule has 0 aliphatic carbocycles. The zero-order valence-electron chi connectivity index (χ0n) is 20.5. The van der Waals surface area contributed by atoms with Crippen molar-refractivity contribution < 1.29 is 9.84 Å². The molecule has 3 heterocycles. The van der Waals surface area contributed by atoms with Crippen LogP contribution in [0.25, 0.3) is 33.3 Å². The summed E-state index contributed by atoms with van der Waals surface area (Å²) in [5, 5.41) is 18.6. The number of nitrogens with one attached hydrogen (secondary N) is 1. The lowest BCUT2D eigenvalue weighted by atomic mass is 10.0. The van der Waals surface area contributed by atoms with E-state index in [-0.39, 0.29) is 18.3 Å². The van der Waals surface area contributed by atoms with Crippen LogP contribution in [0, 0.1) is 6.92 Å². The van der Waals surface area contributed by atoms with Crippen LogP contribution in [0.15, 0.2) is 83.9 Å². The summed E-state index contributed by atoms with van der Waals surface area (Å²) in [4.78, 5) is 17.5. The van der Waals surface area contributed by atoms with E-state index in [1.54, 1.807) is 23.0 Å². The second-order valence-electron chi connectivity index (χ2n) is 9.16. The molecule has 0 radical (unpaired) electrons. The molecule has 0 saturated heterocycles. The quantitative estimate of drug-likeness (QED) is 0.337. The third-order valence-corrected chi connectivity index (χ3v) is 6.15. The second kappa shape index (κ2) is 9.79. The number of aromatic nitrogens is 4. The van der Waals surface area contributed by atoms with E-state index < -0.39 is 6.04 Å². The van der Waals surface area contributed by atoms with Crippen LogP contribution in [0.2, 0.25) is 0 Å². The van der Waals surface area contributed by atoms with Crippen molar-refractivity contribution >= 4 is 10.9 Å². The SMILES string of the molecule is Cc1cccc([C@@H](CO)n2ccc(-c3ccc4[nH]nc(-c5ccc(OC(C)C)nc5)c4c3)cc2=O)c1. The molecular weight excluding hydrogens is 452 g/mol. The van der Waals surface area contributed by atoms with Crippen molar-refractivity contribution in [3.05, 3.63) is 101 Å². The molecule has 0 saturated carbocycles. The molecule has 0 spiro atoms. The van der Waals surface area contributed by atoms with Gasteiger partial charge in [-0.2, -0.15) is 5.10 Å². The Kier molecular flexibility index (Phi) is 6.40. The topological polar surface area (TPSA) is 93.0 Å². The molecule has 36 heavy (non-hydrogen) atoms. The number of H-pyrrole nitrogens is 1. The molecule has 2 aromatic carbocycles. The number of hydrogen-bond donors (Lipinski definition) is 2. The van der Waals surface area contributed by atoms with Gasteiger partial charge in [0, 0.05) is 35.5 Å². The van der Waals surface area contributed by atoms with Gasteiger partial charge in [0.1, 0.15) is 5.69 Å². The van der Waals surface area contributed by atoms with Crippen LogP contribution < -0.4 is 10.3 Å². The molecule has 0 bridgehead atoms. The number of aromatic amines is 1. The van der Waals surface area contributed by atoms with E-state index >= 15 is 0 Å². The van der Waals surface area contributed by atoms with E-state index in [1.165, 1.54) is 0 Å². The number of aliphatic hydroxyl groups excluding tert-OH is 1. The van der Waals surface area contributed by atoms with Crippen LogP contribution in [0.4, 0.5) is 0 Å². The Balaban J connectivity index is 1.49. The van der Waals surface area contributed by atoms with Crippen molar-refractivity contribution in [3.8, 4) is 28.3 Å². The average molecular weight is 481 g/mol. The fraction of sp³-hybridized carbons (Fsp3) is 0.207. The molecular formula is C29H28N4O3. The minimum Gasteiger partial charge on any atom is -0.475 e. The molecule has 0 aliphatic heterocycles. The number of aryl methyl sites for hydroxylation is 1. The molecule has 5 aromatic rings. The highest BCUT2D eigenvalue weighted by molar-refractivity contribution is 5.95. The third-order valence-electron chi connectivity index (χ3n) is 6.15. The number of hydrogen-bond acceptors (Lipinski definition) is 5. The minimum atomic E-state index is -0.440. The first-order valence-corrected chi connectivity index (χ1v) is 11.9. The highest BCUT2D eigenvalue weighted by Gasteiger charge is 2.16. The number of ether oxygens (including phenoxy) is 1. The van der Waals surface area contributed by atoms with Gasteiger partial charge in [-0.15, -0.1) is 0 Å². The molecule has 1 atom stereocenters. The summed E-state index contributed by atoms with van der Waals surface area (Å²) in [6.07, 6.45) is 3.55. The number of nitrogens with zero attached hydrogens (tertiary/aromatic N) is 3. The van der Waals surface area contributed by atoms with Gasteiger partial charge in [0.2, 0.25) is 5.88 Å². The zero-order valence-corrected chi connectivity index (χ0v) is 20.5. The smallest absolute Gasteiger partial charge is 0.251 e. The Morgan fingerprint density at radius 2 is 1.81 bits per heavy atom. The van der Waals surface area contributed by atoms with E-state index in [1.807, 2.05) is 81.4 Å². The van der Waals surface area contributed by atoms with Gasteiger partial charge in [-0.25, -0.2) is 4.98 Å². The maximum Gasteiger partial charge on any atom is 0.251 e. The van der Waals surface area contributed by atoms with Gasteiger partial charge >= 0.3 is 0 Å². The summed E-state index contributed by atoms with van der Waals surface area (Å²) in [5.41, 5.74) is 6.04. The zero-order chi connectivity index (χ0) is 25.2. The van der Waals surface area contributed by atoms with Crippen molar-refractivity contribution in [2.75, 3.05) is 6.61 Å². The first kappa shape index (κ1) is 23.5. The predicted octanol–water partition coefficient (Wildman–Crippen LogP) is 5.13. The second-order valence-corrected chi connectivity index (χ2v) is 9.16. The van der Waals surface area contributed by atoms with Crippen LogP contribution in [0.1, 0.15) is 31.0 Å². The Bertz CT molecular complexity index is 1570. The predicted molar refractivity (Wildman–Crippen MR) is 141 cm³/mol. The third kappa shape index (κ3) is 4.65. The maximum absolute atomic E-state index is 13.1. The standard InChI is InChI=1S/C29H28N4O3/c1-18(2)36-27-10-8-23(16-30-27)29-24-14-20(7-9-25(24)31-32-29)21-11-12-33(28(35)15-21)26(17-34)22-6-4-5-19(3)13-22/h4-16,18,26,34H,17H2,1-3H3,(H,31,32)/t26-/m1/s1. The molecule has 0 amide bonds. The monoisotopic (exact) mass is 480 g/mol. The molecule has 0 unspecified atom stereocenters. The van der Waals surface area contributed by atoms with Crippen molar-refractivity contribution in [2.45, 2.75) is 32.9 Å². The van der Waals surface area contributed by atoms with Gasteiger partial charge in [-0.3, -0.25) is 9.89 Å². The van der Waals surface area contributed by atoms with Crippen molar-refractivity contribution in [1.82, 2.24) is 19.7 Å². The first-order chi connectivity index (χ1) is 17.4. The molecule has 2 N–H and O–H groups in total. The van der Waals surface area contributed by atoms with Gasteiger partial charge in [0.25, 0.3) is 5.56 Å². The van der Waals surface area contributed by atoms with Crippen molar-refractivity contribution in [3.63, 3.8) is 0 Å². The molecule has 7 nitrogen and oxygen atoms in total. The highest BCUT2D eigenvalue weighted by atomic mass is 16.5. The molecule has 7 heteroatoms. The van der Waals surface area contributed by atoms with Gasteiger partial charge < -0.3 is 14.4 Å². The lowest BCUT2D eigenvalue weighted by molar-refractivity contribution is 0.232. The summed E-state index contributed by atoms with van der Waals surface area (Å²) in [5.74, 6) is 0.571.